The molecule has 2 aromatic rings. The summed E-state index contributed by atoms with van der Waals surface area (Å²) >= 11 is 0. The molecule has 1 aromatic carbocycles. The maximum absolute atomic E-state index is 13.3. The second-order valence-electron chi connectivity index (χ2n) is 7.11. The van der Waals surface area contributed by atoms with Gasteiger partial charge in [0.2, 0.25) is 0 Å². The van der Waals surface area contributed by atoms with Gasteiger partial charge in [-0.3, -0.25) is 0 Å². The molecule has 0 saturated carbocycles. The Morgan fingerprint density at radius 1 is 1.00 bits per heavy atom. The van der Waals surface area contributed by atoms with Crippen LogP contribution in [0, 0.1) is 0 Å². The molecule has 4 rings (SSSR count). The van der Waals surface area contributed by atoms with Gasteiger partial charge >= 0.3 is 0 Å². The van der Waals surface area contributed by atoms with Crippen LogP contribution in [0.5, 0.6) is 0 Å². The molecular weight excluding hydrogens is 336 g/mol. The normalized spacial score (nSPS) is 24.0. The van der Waals surface area contributed by atoms with E-state index in [0.717, 1.165) is 55.4 Å². The van der Waals surface area contributed by atoms with Gasteiger partial charge in [0.15, 0.2) is 0 Å². The van der Waals surface area contributed by atoms with Gasteiger partial charge in [0.05, 0.1) is 17.1 Å². The van der Waals surface area contributed by atoms with Gasteiger partial charge in [-0.1, -0.05) is 25.0 Å². The van der Waals surface area contributed by atoms with Crippen LogP contribution < -0.4 is 0 Å². The van der Waals surface area contributed by atoms with Crippen LogP contribution in [0.2, 0.25) is 0 Å². The highest BCUT2D eigenvalue weighted by atomic mass is 32.2. The summed E-state index contributed by atoms with van der Waals surface area (Å²) in [6, 6.07) is 7.83. The minimum atomic E-state index is -3.42. The Morgan fingerprint density at radius 3 is 2.44 bits per heavy atom. The highest BCUT2D eigenvalue weighted by molar-refractivity contribution is 7.86. The summed E-state index contributed by atoms with van der Waals surface area (Å²) in [7, 11) is -1.44. The van der Waals surface area contributed by atoms with Crippen LogP contribution in [-0.4, -0.2) is 46.2 Å². The quantitative estimate of drug-likeness (QED) is 0.844. The van der Waals surface area contributed by atoms with Crippen molar-refractivity contribution >= 4 is 21.2 Å². The molecule has 25 heavy (non-hydrogen) atoms. The molecule has 2 aliphatic rings. The number of aromatic nitrogens is 2. The predicted molar refractivity (Wildman–Crippen MR) is 98.4 cm³/mol. The van der Waals surface area contributed by atoms with E-state index in [9.17, 15) is 8.42 Å². The molecule has 0 N–H and O–H groups in total. The maximum Gasteiger partial charge on any atom is 0.282 e. The Balaban J connectivity index is 1.68. The Hall–Kier alpha value is -1.44. The van der Waals surface area contributed by atoms with E-state index >= 15 is 0 Å². The minimum Gasteiger partial charge on any atom is -0.330 e. The summed E-state index contributed by atoms with van der Waals surface area (Å²) in [5.41, 5.74) is 1.98. The van der Waals surface area contributed by atoms with Crippen LogP contribution in [0.25, 0.3) is 11.0 Å². The third kappa shape index (κ3) is 2.98. The number of imidazole rings is 1. The number of para-hydroxylation sites is 2. The number of hydrogen-bond donors (Lipinski definition) is 0. The summed E-state index contributed by atoms with van der Waals surface area (Å²) in [6.45, 7) is 1.88. The standard InChI is InChI=1S/C18H26N4O2S/c1-20-16-10-5-4-9-15(16)19-18(20)17-11-8-14-22(17)25(23,24)21-12-6-2-3-7-13-21/h4-5,9-10,17H,2-3,6-8,11-14H2,1H3/t17-/m0/s1. The number of fused-ring (bicyclic) bond motifs is 1. The van der Waals surface area contributed by atoms with Crippen molar-refractivity contribution in [1.29, 1.82) is 0 Å². The zero-order valence-corrected chi connectivity index (χ0v) is 15.6. The summed E-state index contributed by atoms with van der Waals surface area (Å²) in [4.78, 5) is 4.76. The van der Waals surface area contributed by atoms with E-state index in [1.807, 2.05) is 31.3 Å². The lowest BCUT2D eigenvalue weighted by Gasteiger charge is -2.30. The number of hydrogen-bond acceptors (Lipinski definition) is 3. The predicted octanol–water partition coefficient (Wildman–Crippen LogP) is 2.83. The largest absolute Gasteiger partial charge is 0.330 e. The Morgan fingerprint density at radius 2 is 1.72 bits per heavy atom. The third-order valence-electron chi connectivity index (χ3n) is 5.51. The van der Waals surface area contributed by atoms with E-state index in [1.54, 1.807) is 8.61 Å². The first-order valence-corrected chi connectivity index (χ1v) is 10.7. The number of rotatable bonds is 3. The summed E-state index contributed by atoms with van der Waals surface area (Å²) in [5.74, 6) is 0.858. The van der Waals surface area contributed by atoms with E-state index in [4.69, 9.17) is 4.98 Å². The van der Waals surface area contributed by atoms with Gasteiger partial charge in [-0.25, -0.2) is 4.98 Å². The highest BCUT2D eigenvalue weighted by Gasteiger charge is 2.40. The zero-order valence-electron chi connectivity index (χ0n) is 14.8. The first-order chi connectivity index (χ1) is 12.1. The van der Waals surface area contributed by atoms with Crippen molar-refractivity contribution in [2.24, 2.45) is 7.05 Å². The first-order valence-electron chi connectivity index (χ1n) is 9.27. The SMILES string of the molecule is Cn1c([C@@H]2CCCN2S(=O)(=O)N2CCCCCC2)nc2ccccc21. The molecule has 0 radical (unpaired) electrons. The summed E-state index contributed by atoms with van der Waals surface area (Å²) in [6.07, 6.45) is 5.90. The number of benzene rings is 1. The molecule has 0 aliphatic carbocycles. The fraction of sp³-hybridized carbons (Fsp3) is 0.611. The van der Waals surface area contributed by atoms with Gasteiger partial charge in [-0.15, -0.1) is 0 Å². The monoisotopic (exact) mass is 362 g/mol. The lowest BCUT2D eigenvalue weighted by Crippen LogP contribution is -2.44. The molecule has 0 amide bonds. The molecule has 136 valence electrons. The zero-order chi connectivity index (χ0) is 17.4. The van der Waals surface area contributed by atoms with Gasteiger partial charge in [-0.05, 0) is 37.8 Å². The lowest BCUT2D eigenvalue weighted by molar-refractivity contribution is 0.322. The van der Waals surface area contributed by atoms with Gasteiger partial charge in [0, 0.05) is 26.7 Å². The van der Waals surface area contributed by atoms with E-state index in [2.05, 4.69) is 4.57 Å². The lowest BCUT2D eigenvalue weighted by atomic mass is 10.2. The van der Waals surface area contributed by atoms with Crippen LogP contribution in [0.1, 0.15) is 50.4 Å². The fourth-order valence-electron chi connectivity index (χ4n) is 4.16. The molecule has 3 heterocycles. The molecule has 1 aromatic heterocycles. The minimum absolute atomic E-state index is 0.161. The summed E-state index contributed by atoms with van der Waals surface area (Å²) < 4.78 is 32.0. The van der Waals surface area contributed by atoms with Gasteiger partial charge in [-0.2, -0.15) is 17.0 Å². The number of nitrogens with zero attached hydrogens (tertiary/aromatic N) is 4. The Bertz CT molecular complexity index is 853. The van der Waals surface area contributed by atoms with Crippen molar-refractivity contribution in [3.63, 3.8) is 0 Å². The van der Waals surface area contributed by atoms with Crippen LogP contribution in [-0.2, 0) is 17.3 Å². The second kappa shape index (κ2) is 6.70. The Labute approximate surface area is 149 Å². The average molecular weight is 362 g/mol. The van der Waals surface area contributed by atoms with E-state index in [0.29, 0.717) is 19.6 Å². The second-order valence-corrected chi connectivity index (χ2v) is 8.99. The average Bonchev–Trinajstić information content (AvgIpc) is 3.11. The van der Waals surface area contributed by atoms with Crippen molar-refractivity contribution in [2.45, 2.75) is 44.6 Å². The molecule has 2 fully saturated rings. The van der Waals surface area contributed by atoms with Crippen LogP contribution in [0.3, 0.4) is 0 Å². The van der Waals surface area contributed by atoms with Crippen LogP contribution in [0.4, 0.5) is 0 Å². The molecule has 2 aliphatic heterocycles. The fourth-order valence-corrected chi connectivity index (χ4v) is 6.05. The van der Waals surface area contributed by atoms with Gasteiger partial charge in [0.25, 0.3) is 10.2 Å². The maximum atomic E-state index is 13.3. The number of aryl methyl sites for hydroxylation is 1. The van der Waals surface area contributed by atoms with Gasteiger partial charge < -0.3 is 4.57 Å². The van der Waals surface area contributed by atoms with E-state index in [1.165, 1.54) is 0 Å². The smallest absolute Gasteiger partial charge is 0.282 e. The molecular formula is C18H26N4O2S. The first kappa shape index (κ1) is 17.0. The molecule has 2 saturated heterocycles. The third-order valence-corrected chi connectivity index (χ3v) is 7.56. The van der Waals surface area contributed by atoms with Crippen molar-refractivity contribution in [2.75, 3.05) is 19.6 Å². The molecule has 0 unspecified atom stereocenters. The topological polar surface area (TPSA) is 58.4 Å². The Kier molecular flexibility index (Phi) is 4.56. The molecule has 7 heteroatoms. The molecule has 0 bridgehead atoms. The highest BCUT2D eigenvalue weighted by Crippen LogP contribution is 2.36. The summed E-state index contributed by atoms with van der Waals surface area (Å²) in [5, 5.41) is 0. The van der Waals surface area contributed by atoms with Crippen molar-refractivity contribution < 1.29 is 8.42 Å². The van der Waals surface area contributed by atoms with Crippen molar-refractivity contribution in [1.82, 2.24) is 18.2 Å². The van der Waals surface area contributed by atoms with E-state index < -0.39 is 10.2 Å². The van der Waals surface area contributed by atoms with Crippen LogP contribution in [0.15, 0.2) is 24.3 Å². The van der Waals surface area contributed by atoms with E-state index in [-0.39, 0.29) is 6.04 Å². The van der Waals surface area contributed by atoms with Gasteiger partial charge in [0.1, 0.15) is 5.82 Å². The molecule has 0 spiro atoms. The molecule has 6 nitrogen and oxygen atoms in total. The molecule has 1 atom stereocenters. The van der Waals surface area contributed by atoms with Crippen molar-refractivity contribution in [3.8, 4) is 0 Å². The van der Waals surface area contributed by atoms with Crippen LogP contribution >= 0.6 is 0 Å². The van der Waals surface area contributed by atoms with Crippen molar-refractivity contribution in [3.05, 3.63) is 30.1 Å².